The van der Waals surface area contributed by atoms with Crippen LogP contribution < -0.4 is 0 Å². The summed E-state index contributed by atoms with van der Waals surface area (Å²) in [6.07, 6.45) is 0. The zero-order chi connectivity index (χ0) is 29.2. The molecule has 0 spiro atoms. The number of hydrogen-bond acceptors (Lipinski definition) is 2. The average Bonchev–Trinajstić information content (AvgIpc) is 3.54. The van der Waals surface area contributed by atoms with Gasteiger partial charge in [0, 0.05) is 35.4 Å². The Kier molecular flexibility index (Phi) is 4.74. The maximum atomic E-state index is 7.91. The summed E-state index contributed by atoms with van der Waals surface area (Å²) in [5.74, 6) is 0.866. The molecule has 0 aliphatic carbocycles. The highest BCUT2D eigenvalue weighted by atomic mass is 32.1. The van der Waals surface area contributed by atoms with Crippen molar-refractivity contribution in [2.24, 2.45) is 0 Å². The van der Waals surface area contributed by atoms with Gasteiger partial charge < -0.3 is 0 Å². The van der Waals surface area contributed by atoms with E-state index < -0.39 is 6.85 Å². The highest BCUT2D eigenvalue weighted by molar-refractivity contribution is 7.26. The molecule has 0 saturated heterocycles. The minimum atomic E-state index is -2.14. The van der Waals surface area contributed by atoms with Gasteiger partial charge in [0.2, 0.25) is 0 Å². The number of hydrogen-bond donors (Lipinski definition) is 0. The third-order valence-electron chi connectivity index (χ3n) is 7.49. The molecule has 0 aliphatic heterocycles. The predicted molar refractivity (Wildman–Crippen MR) is 168 cm³/mol. The molecule has 2 aromatic heterocycles. The molecule has 39 heavy (non-hydrogen) atoms. The van der Waals surface area contributed by atoms with E-state index in [1.54, 1.807) is 17.4 Å². The van der Waals surface area contributed by atoms with Gasteiger partial charge in [0.15, 0.2) is 0 Å². The zero-order valence-corrected chi connectivity index (χ0v) is 23.0. The second-order valence-corrected chi connectivity index (χ2v) is 12.2. The van der Waals surface area contributed by atoms with Crippen LogP contribution in [0.3, 0.4) is 0 Å². The number of benzene rings is 5. The Balaban J connectivity index is 1.54. The summed E-state index contributed by atoms with van der Waals surface area (Å²) in [5.41, 5.74) is 8.00. The van der Waals surface area contributed by atoms with E-state index in [9.17, 15) is 0 Å². The molecule has 3 heteroatoms. The molecule has 0 atom stereocenters. The van der Waals surface area contributed by atoms with Gasteiger partial charge in [0.05, 0.1) is 16.7 Å². The van der Waals surface area contributed by atoms with E-state index in [2.05, 4.69) is 110 Å². The van der Waals surface area contributed by atoms with Crippen LogP contribution in [0, 0.1) is 6.85 Å². The normalized spacial score (nSPS) is 13.6. The second-order valence-electron chi connectivity index (χ2n) is 11.1. The molecule has 5 aromatic carbocycles. The highest BCUT2D eigenvalue weighted by Crippen LogP contribution is 2.43. The van der Waals surface area contributed by atoms with Crippen LogP contribution in [-0.2, 0) is 5.41 Å². The molecule has 190 valence electrons. The maximum absolute atomic E-state index is 7.91. The van der Waals surface area contributed by atoms with Crippen molar-refractivity contribution in [3.8, 4) is 28.2 Å². The van der Waals surface area contributed by atoms with Crippen molar-refractivity contribution in [1.29, 1.82) is 0 Å². The Morgan fingerprint density at radius 1 is 0.744 bits per heavy atom. The zero-order valence-electron chi connectivity index (χ0n) is 25.2. The largest absolute Gasteiger partial charge is 0.292 e. The molecule has 2 heterocycles. The van der Waals surface area contributed by atoms with Crippen molar-refractivity contribution in [2.45, 2.75) is 33.0 Å². The summed E-state index contributed by atoms with van der Waals surface area (Å²) in [6, 6.07) is 37.4. The van der Waals surface area contributed by atoms with Crippen LogP contribution in [0.2, 0.25) is 0 Å². The summed E-state index contributed by atoms with van der Waals surface area (Å²) in [4.78, 5) is 5.22. The standard InChI is InChI=1S/C36H30N2S/c1-23-17-19-26-27-13-10-14-28(34(27)39-33(26)21-23)35-37-30-15-8-9-16-32(30)38(35)31-20-18-25(36(2,3)4)22-29(31)24-11-6-5-7-12-24/h5-22H,1-4H3/i1D3. The van der Waals surface area contributed by atoms with Crippen molar-refractivity contribution in [3.05, 3.63) is 120 Å². The Labute approximate surface area is 237 Å². The quantitative estimate of drug-likeness (QED) is 0.224. The van der Waals surface area contributed by atoms with E-state index >= 15 is 0 Å². The molecule has 0 bridgehead atoms. The molecule has 2 nitrogen and oxygen atoms in total. The van der Waals surface area contributed by atoms with Crippen molar-refractivity contribution >= 4 is 42.5 Å². The first-order chi connectivity index (χ1) is 20.1. The number of thiophene rings is 1. The predicted octanol–water partition coefficient (Wildman–Crippen LogP) is 10.3. The van der Waals surface area contributed by atoms with Gasteiger partial charge in [-0.15, -0.1) is 11.3 Å². The number of fused-ring (bicyclic) bond motifs is 4. The lowest BCUT2D eigenvalue weighted by atomic mass is 9.85. The lowest BCUT2D eigenvalue weighted by Crippen LogP contribution is -2.12. The Morgan fingerprint density at radius 3 is 2.38 bits per heavy atom. The number of aromatic nitrogens is 2. The van der Waals surface area contributed by atoms with Crippen LogP contribution in [0.1, 0.15) is 36.0 Å². The fraction of sp³-hybridized carbons (Fsp3) is 0.139. The number of aryl methyl sites for hydroxylation is 1. The lowest BCUT2D eigenvalue weighted by Gasteiger charge is -2.23. The molecule has 0 saturated carbocycles. The number of para-hydroxylation sites is 2. The van der Waals surface area contributed by atoms with E-state index in [0.29, 0.717) is 5.56 Å². The molecular weight excluding hydrogens is 492 g/mol. The van der Waals surface area contributed by atoms with Crippen LogP contribution in [0.5, 0.6) is 0 Å². The minimum Gasteiger partial charge on any atom is -0.292 e. The summed E-state index contributed by atoms with van der Waals surface area (Å²) in [5, 5.41) is 2.17. The number of nitrogens with zero attached hydrogens (tertiary/aromatic N) is 2. The van der Waals surface area contributed by atoms with Crippen LogP contribution in [0.15, 0.2) is 109 Å². The summed E-state index contributed by atoms with van der Waals surface area (Å²) < 4.78 is 28.1. The first kappa shape index (κ1) is 20.7. The summed E-state index contributed by atoms with van der Waals surface area (Å²) in [7, 11) is 0. The van der Waals surface area contributed by atoms with E-state index in [0.717, 1.165) is 59.4 Å². The molecule has 0 amide bonds. The van der Waals surface area contributed by atoms with Gasteiger partial charge in [0.25, 0.3) is 0 Å². The number of rotatable bonds is 3. The first-order valence-electron chi connectivity index (χ1n) is 14.7. The van der Waals surface area contributed by atoms with Gasteiger partial charge in [-0.05, 0) is 65.4 Å². The third-order valence-corrected chi connectivity index (χ3v) is 8.69. The van der Waals surface area contributed by atoms with Crippen molar-refractivity contribution in [1.82, 2.24) is 9.55 Å². The molecule has 7 rings (SSSR count). The maximum Gasteiger partial charge on any atom is 0.147 e. The molecule has 0 aliphatic rings. The van der Waals surface area contributed by atoms with Gasteiger partial charge in [-0.1, -0.05) is 93.6 Å². The van der Waals surface area contributed by atoms with E-state index in [-0.39, 0.29) is 5.41 Å². The fourth-order valence-corrected chi connectivity index (χ4v) is 6.72. The topological polar surface area (TPSA) is 17.8 Å². The lowest BCUT2D eigenvalue weighted by molar-refractivity contribution is 0.590. The van der Waals surface area contributed by atoms with Crippen LogP contribution in [0.4, 0.5) is 0 Å². The van der Waals surface area contributed by atoms with Gasteiger partial charge in [0.1, 0.15) is 5.82 Å². The average molecular weight is 526 g/mol. The van der Waals surface area contributed by atoms with Gasteiger partial charge in [-0.3, -0.25) is 4.57 Å². The minimum absolute atomic E-state index is 0.00183. The van der Waals surface area contributed by atoms with Crippen molar-refractivity contribution < 1.29 is 4.11 Å². The smallest absolute Gasteiger partial charge is 0.147 e. The van der Waals surface area contributed by atoms with Crippen molar-refractivity contribution in [3.63, 3.8) is 0 Å². The van der Waals surface area contributed by atoms with Crippen LogP contribution in [0.25, 0.3) is 59.4 Å². The number of imidazole rings is 1. The van der Waals surface area contributed by atoms with Crippen LogP contribution >= 0.6 is 11.3 Å². The molecule has 0 unspecified atom stereocenters. The van der Waals surface area contributed by atoms with Gasteiger partial charge in [-0.25, -0.2) is 4.98 Å². The highest BCUT2D eigenvalue weighted by Gasteiger charge is 2.22. The van der Waals surface area contributed by atoms with Gasteiger partial charge >= 0.3 is 0 Å². The Hall–Kier alpha value is -4.21. The second kappa shape index (κ2) is 8.93. The van der Waals surface area contributed by atoms with Crippen molar-refractivity contribution in [2.75, 3.05) is 0 Å². The monoisotopic (exact) mass is 525 g/mol. The molecule has 0 fully saturated rings. The van der Waals surface area contributed by atoms with E-state index in [4.69, 9.17) is 9.10 Å². The third kappa shape index (κ3) is 3.97. The molecule has 7 aromatic rings. The van der Waals surface area contributed by atoms with Crippen LogP contribution in [-0.4, -0.2) is 9.55 Å². The van der Waals surface area contributed by atoms with E-state index in [1.807, 2.05) is 18.2 Å². The molecular formula is C36H30N2S. The molecule has 0 N–H and O–H groups in total. The first-order valence-corrected chi connectivity index (χ1v) is 14.1. The SMILES string of the molecule is [2H]C([2H])([2H])c1ccc2c(c1)sc1c(-c3nc4ccccc4n3-c3ccc(C(C)(C)C)cc3-c3ccccc3)cccc12. The molecule has 0 radical (unpaired) electrons. The summed E-state index contributed by atoms with van der Waals surface area (Å²) >= 11 is 1.63. The Bertz CT molecular complexity index is 2110. The fourth-order valence-electron chi connectivity index (χ4n) is 5.47. The van der Waals surface area contributed by atoms with E-state index in [1.165, 1.54) is 5.56 Å². The summed E-state index contributed by atoms with van der Waals surface area (Å²) in [6.45, 7) is 4.59. The Morgan fingerprint density at radius 2 is 1.56 bits per heavy atom. The van der Waals surface area contributed by atoms with Gasteiger partial charge in [-0.2, -0.15) is 0 Å².